The van der Waals surface area contributed by atoms with Gasteiger partial charge < -0.3 is 24.2 Å². The average Bonchev–Trinajstić information content (AvgIpc) is 4.09. The number of methoxy groups -OCH3 is 2. The number of carbonyl (C=O) groups excluding carboxylic acids is 4. The van der Waals surface area contributed by atoms with Crippen molar-refractivity contribution >= 4 is 23.6 Å². The first kappa shape index (κ1) is 49.4. The zero-order valence-corrected chi connectivity index (χ0v) is 40.6. The summed E-state index contributed by atoms with van der Waals surface area (Å²) in [5, 5.41) is 14.0. The third kappa shape index (κ3) is 7.70. The zero-order valence-electron chi connectivity index (χ0n) is 40.6. The number of rotatable bonds is 8. The number of fused-ring (bicyclic) bond motifs is 2. The minimum absolute atomic E-state index is 0.0352. The highest BCUT2D eigenvalue weighted by Crippen LogP contribution is 2.70. The highest BCUT2D eigenvalue weighted by atomic mass is 19.1. The molecule has 8 aliphatic rings. The lowest BCUT2D eigenvalue weighted by molar-refractivity contribution is -0.191. The number of aliphatic hydroxyl groups excluding tert-OH is 1. The predicted molar refractivity (Wildman–Crippen MR) is 241 cm³/mol. The van der Waals surface area contributed by atoms with Crippen molar-refractivity contribution in [3.8, 4) is 0 Å². The number of allylic oxidation sites excluding steroid dienone is 2. The minimum Gasteiger partial charge on any atom is -0.445 e. The maximum Gasteiger partial charge on any atom is 0.414 e. The van der Waals surface area contributed by atoms with Gasteiger partial charge in [0.25, 0.3) is 0 Å². The Bertz CT molecular complexity index is 1840. The van der Waals surface area contributed by atoms with E-state index in [0.29, 0.717) is 38.0 Å². The Morgan fingerprint density at radius 1 is 0.734 bits per heavy atom. The number of hydrogen-bond donors (Lipinski definition) is 2. The number of piperidine rings is 1. The third-order valence-corrected chi connectivity index (χ3v) is 20.8. The smallest absolute Gasteiger partial charge is 0.414 e. The average molecular weight is 899 g/mol. The number of aliphatic hydroxyl groups is 1. The van der Waals surface area contributed by atoms with Crippen molar-refractivity contribution < 1.29 is 47.3 Å². The van der Waals surface area contributed by atoms with Crippen LogP contribution in [0.2, 0.25) is 0 Å². The lowest BCUT2D eigenvalue weighted by Crippen LogP contribution is -2.63. The molecule has 2 heterocycles. The highest BCUT2D eigenvalue weighted by molar-refractivity contribution is 5.94. The number of ketones is 2. The molecule has 12 heteroatoms. The van der Waals surface area contributed by atoms with Crippen LogP contribution >= 0.6 is 0 Å². The number of Topliss-reactive ketones (excluding diaryl/α,β-unsaturated/α-hetero) is 2. The molecule has 6 bridgehead atoms. The van der Waals surface area contributed by atoms with Gasteiger partial charge in [-0.25, -0.2) is 13.6 Å². The Hall–Kier alpha value is -2.54. The van der Waals surface area contributed by atoms with Gasteiger partial charge in [-0.3, -0.25) is 19.7 Å². The maximum absolute atomic E-state index is 14.2. The largest absolute Gasteiger partial charge is 0.445 e. The lowest BCUT2D eigenvalue weighted by atomic mass is 9.43. The molecule has 6 aliphatic carbocycles. The predicted octanol–water partition coefficient (Wildman–Crippen LogP) is 9.58. The second kappa shape index (κ2) is 18.2. The monoisotopic (exact) mass is 899 g/mol. The van der Waals surface area contributed by atoms with Gasteiger partial charge in [-0.15, -0.1) is 0 Å². The summed E-state index contributed by atoms with van der Waals surface area (Å²) >= 11 is 0. The maximum atomic E-state index is 14.2. The number of imide groups is 1. The molecule has 19 atom stereocenters. The van der Waals surface area contributed by atoms with Gasteiger partial charge >= 0.3 is 6.09 Å². The van der Waals surface area contributed by atoms with E-state index in [9.17, 15) is 33.1 Å². The van der Waals surface area contributed by atoms with Crippen LogP contribution in [0.1, 0.15) is 139 Å². The lowest BCUT2D eigenvalue weighted by Gasteiger charge is -2.61. The van der Waals surface area contributed by atoms with Crippen molar-refractivity contribution in [2.45, 2.75) is 163 Å². The number of alkyl carbamates (subject to hydrolysis) is 1. The standard InChI is InChI=1S/C30H45FN2O5.C22H35FO3/c1-18-7-11-30-12-8-22(37-5)24(30)29(18,4)23(15-28(3,10-6-13-31)25(34)19(30)2)38-27(36)32-26(35)21-17-33-14-9-20(21)16-33;1-14-7-10-22-11-8-16(26-5)18(22)21(14,4)17(24)13-20(3,9-6-12-23)19(25)15(22)2/h6,13,18-24H,7-12,14-17H2,1-5H3,(H,32,35,36);6,12,14-18,24H,7-11,13H2,1-5H3/t18-,19+,20-,21+,22-,23-,24?,28-,29+,30?;14-,15+,16-,17-,18?,20-,21+,22?/m11/s1. The van der Waals surface area contributed by atoms with E-state index in [2.05, 4.69) is 51.8 Å². The second-order valence-electron chi connectivity index (χ2n) is 23.3. The first-order valence-corrected chi connectivity index (χ1v) is 24.7. The van der Waals surface area contributed by atoms with E-state index in [-0.39, 0.29) is 100 Å². The molecule has 8 fully saturated rings. The van der Waals surface area contributed by atoms with Crippen LogP contribution < -0.4 is 5.32 Å². The molecule has 0 aromatic rings. The van der Waals surface area contributed by atoms with Crippen molar-refractivity contribution in [2.24, 2.45) is 79.8 Å². The summed E-state index contributed by atoms with van der Waals surface area (Å²) < 4.78 is 44.1. The van der Waals surface area contributed by atoms with E-state index < -0.39 is 34.5 Å². The number of carbonyl (C=O) groups is 4. The van der Waals surface area contributed by atoms with Crippen molar-refractivity contribution in [3.63, 3.8) is 0 Å². The van der Waals surface area contributed by atoms with E-state index in [1.54, 1.807) is 14.2 Å². The summed E-state index contributed by atoms with van der Waals surface area (Å²) in [5.74, 6) is 0.631. The van der Waals surface area contributed by atoms with Crippen LogP contribution in [0.5, 0.6) is 0 Å². The number of ether oxygens (including phenoxy) is 3. The topological polar surface area (TPSA) is 131 Å². The van der Waals surface area contributed by atoms with Gasteiger partial charge in [0, 0.05) is 66.7 Å². The first-order chi connectivity index (χ1) is 30.2. The van der Waals surface area contributed by atoms with Crippen LogP contribution in [0.4, 0.5) is 13.6 Å². The summed E-state index contributed by atoms with van der Waals surface area (Å²) in [6.07, 6.45) is 11.8. The SMILES string of the molecule is CO[C@@H]1CCC23CC[C@@H](C)[C@](C)(C12)[C@H](O)C[C@@](C)(CC=CF)C(=O)[C@@H]3C.CO[C@@H]1CCC23CC[C@@H](C)[C@](C)(C12)[C@H](OC(=O)NC(=O)[C@H]1CN2CC[C@@H]1C2)C[C@@](C)(CC=CF)C(=O)[C@@H]3C. The van der Waals surface area contributed by atoms with Gasteiger partial charge in [0.2, 0.25) is 5.91 Å². The second-order valence-corrected chi connectivity index (χ2v) is 23.3. The molecule has 0 aromatic carbocycles. The van der Waals surface area contributed by atoms with Crippen molar-refractivity contribution in [1.82, 2.24) is 10.2 Å². The van der Waals surface area contributed by atoms with Gasteiger partial charge in [0.15, 0.2) is 0 Å². The van der Waals surface area contributed by atoms with Gasteiger partial charge in [0.05, 0.1) is 36.9 Å². The number of halogens is 2. The van der Waals surface area contributed by atoms with Gasteiger partial charge in [0.1, 0.15) is 17.7 Å². The Balaban J connectivity index is 0.000000206. The molecule has 2 N–H and O–H groups in total. The molecule has 360 valence electrons. The summed E-state index contributed by atoms with van der Waals surface area (Å²) in [6, 6.07) is 0. The normalized spacial score (nSPS) is 49.6. The molecule has 8 rings (SSSR count). The fraction of sp³-hybridized carbons (Fsp3) is 0.846. The number of hydrogen-bond acceptors (Lipinski definition) is 9. The van der Waals surface area contributed by atoms with E-state index in [0.717, 1.165) is 70.9 Å². The Labute approximate surface area is 381 Å². The molecule has 64 heavy (non-hydrogen) atoms. The number of nitrogens with one attached hydrogen (secondary N) is 1. The summed E-state index contributed by atoms with van der Waals surface area (Å²) in [5.41, 5.74) is -2.74. The first-order valence-electron chi connectivity index (χ1n) is 24.7. The molecule has 0 aromatic heterocycles. The molecule has 0 spiro atoms. The van der Waals surface area contributed by atoms with Crippen molar-refractivity contribution in [2.75, 3.05) is 33.9 Å². The molecule has 2 aliphatic heterocycles. The Morgan fingerprint density at radius 2 is 1.22 bits per heavy atom. The van der Waals surface area contributed by atoms with Crippen LogP contribution in [-0.2, 0) is 28.6 Å². The van der Waals surface area contributed by atoms with E-state index in [1.165, 1.54) is 12.2 Å². The Morgan fingerprint density at radius 3 is 1.69 bits per heavy atom. The van der Waals surface area contributed by atoms with Crippen LogP contribution in [-0.4, -0.2) is 91.8 Å². The molecule has 2 amide bonds. The Kier molecular flexibility index (Phi) is 14.0. The zero-order chi connectivity index (χ0) is 46.8. The molecular formula is C52H80F2N2O8. The molecule has 5 unspecified atom stereocenters. The number of amides is 2. The minimum atomic E-state index is -0.893. The van der Waals surface area contributed by atoms with E-state index in [1.807, 2.05) is 13.8 Å². The van der Waals surface area contributed by atoms with E-state index in [4.69, 9.17) is 14.2 Å². The highest BCUT2D eigenvalue weighted by Gasteiger charge is 2.70. The van der Waals surface area contributed by atoms with Crippen LogP contribution in [0.15, 0.2) is 24.8 Å². The summed E-state index contributed by atoms with van der Waals surface area (Å²) in [4.78, 5) is 56.4. The van der Waals surface area contributed by atoms with Crippen LogP contribution in [0.25, 0.3) is 0 Å². The summed E-state index contributed by atoms with van der Waals surface area (Å²) in [6.45, 7) is 19.4. The fourth-order valence-corrected chi connectivity index (χ4v) is 16.6. The van der Waals surface area contributed by atoms with Gasteiger partial charge in [-0.1, -0.05) is 67.5 Å². The molecule has 0 radical (unpaired) electrons. The fourth-order valence-electron chi connectivity index (χ4n) is 16.6. The van der Waals surface area contributed by atoms with Gasteiger partial charge in [-0.05, 0) is 125 Å². The molecule has 2 saturated heterocycles. The molecular weight excluding hydrogens is 819 g/mol. The van der Waals surface area contributed by atoms with E-state index >= 15 is 0 Å². The van der Waals surface area contributed by atoms with Crippen molar-refractivity contribution in [3.05, 3.63) is 24.8 Å². The quantitative estimate of drug-likeness (QED) is 0.245. The number of nitrogens with zero attached hydrogens (tertiary/aromatic N) is 1. The van der Waals surface area contributed by atoms with Crippen molar-refractivity contribution in [1.29, 1.82) is 0 Å². The molecule has 10 nitrogen and oxygen atoms in total. The van der Waals surface area contributed by atoms with Gasteiger partial charge in [-0.2, -0.15) is 0 Å². The molecule has 6 saturated carbocycles. The third-order valence-electron chi connectivity index (χ3n) is 20.8. The van der Waals surface area contributed by atoms with Crippen LogP contribution in [0, 0.1) is 79.8 Å². The van der Waals surface area contributed by atoms with Crippen LogP contribution in [0.3, 0.4) is 0 Å². The summed E-state index contributed by atoms with van der Waals surface area (Å²) in [7, 11) is 3.50.